The molecule has 7 nitrogen and oxygen atoms in total. The molecule has 1 amide bonds. The highest BCUT2D eigenvalue weighted by Gasteiger charge is 2.23. The van der Waals surface area contributed by atoms with E-state index in [1.54, 1.807) is 12.4 Å². The van der Waals surface area contributed by atoms with E-state index in [2.05, 4.69) is 25.8 Å². The van der Waals surface area contributed by atoms with Crippen molar-refractivity contribution in [3.63, 3.8) is 0 Å². The summed E-state index contributed by atoms with van der Waals surface area (Å²) in [5, 5.41) is 9.74. The Morgan fingerprint density at radius 3 is 2.95 bits per heavy atom. The molecule has 0 aromatic carbocycles. The molecule has 1 fully saturated rings. The second kappa shape index (κ2) is 5.15. The molecule has 0 spiro atoms. The van der Waals surface area contributed by atoms with Crippen LogP contribution in [0.25, 0.3) is 0 Å². The predicted octanol–water partition coefficient (Wildman–Crippen LogP) is -0.184. The smallest absolute Gasteiger partial charge is 0.245 e. The van der Waals surface area contributed by atoms with Crippen LogP contribution in [-0.4, -0.2) is 34.1 Å². The molecule has 1 aliphatic heterocycles. The quantitative estimate of drug-likeness (QED) is 0.794. The molecular formula is C12H13N5O2. The van der Waals surface area contributed by atoms with Crippen molar-refractivity contribution in [2.24, 2.45) is 0 Å². The number of hydrogen-bond donors (Lipinski definition) is 2. The largest absolute Gasteiger partial charge is 0.353 e. The highest BCUT2D eigenvalue weighted by molar-refractivity contribution is 5.78. The minimum atomic E-state index is -0.114. The Kier molecular flexibility index (Phi) is 3.20. The summed E-state index contributed by atoms with van der Waals surface area (Å²) in [5.41, 5.74) is 1.08. The van der Waals surface area contributed by atoms with Gasteiger partial charge in [-0.2, -0.15) is 4.98 Å². The minimum Gasteiger partial charge on any atom is -0.353 e. The van der Waals surface area contributed by atoms with Crippen molar-refractivity contribution in [2.45, 2.75) is 12.5 Å². The Morgan fingerprint density at radius 2 is 2.21 bits per heavy atom. The molecule has 2 aromatic rings. The fourth-order valence-electron chi connectivity index (χ4n) is 1.91. The monoisotopic (exact) mass is 259 g/mol. The SMILES string of the molecule is O=C1CNC(c2nc(Cc3ccncc3)no2)CN1. The highest BCUT2D eigenvalue weighted by Crippen LogP contribution is 2.13. The maximum absolute atomic E-state index is 11.0. The fourth-order valence-corrected chi connectivity index (χ4v) is 1.91. The van der Waals surface area contributed by atoms with E-state index in [4.69, 9.17) is 4.52 Å². The van der Waals surface area contributed by atoms with E-state index >= 15 is 0 Å². The van der Waals surface area contributed by atoms with Gasteiger partial charge < -0.3 is 9.84 Å². The van der Waals surface area contributed by atoms with Crippen molar-refractivity contribution in [1.82, 2.24) is 25.8 Å². The van der Waals surface area contributed by atoms with Crippen LogP contribution in [-0.2, 0) is 11.2 Å². The average Bonchev–Trinajstić information content (AvgIpc) is 2.89. The molecule has 19 heavy (non-hydrogen) atoms. The Morgan fingerprint density at radius 1 is 1.37 bits per heavy atom. The average molecular weight is 259 g/mol. The van der Waals surface area contributed by atoms with E-state index in [0.717, 1.165) is 5.56 Å². The minimum absolute atomic E-state index is 0.0206. The van der Waals surface area contributed by atoms with Gasteiger partial charge in [0, 0.05) is 25.4 Å². The number of carbonyl (C=O) groups is 1. The standard InChI is InChI=1S/C12H13N5O2/c18-11-7-14-9(6-15-11)12-16-10(17-19-12)5-8-1-3-13-4-2-8/h1-4,9,14H,5-7H2,(H,15,18). The zero-order valence-corrected chi connectivity index (χ0v) is 10.2. The molecule has 0 saturated carbocycles. The summed E-state index contributed by atoms with van der Waals surface area (Å²) in [7, 11) is 0. The van der Waals surface area contributed by atoms with Crippen LogP contribution in [0.2, 0.25) is 0 Å². The molecule has 1 aliphatic rings. The maximum atomic E-state index is 11.0. The van der Waals surface area contributed by atoms with Gasteiger partial charge in [-0.25, -0.2) is 0 Å². The van der Waals surface area contributed by atoms with Gasteiger partial charge in [0.25, 0.3) is 0 Å². The summed E-state index contributed by atoms with van der Waals surface area (Å²) in [6.45, 7) is 0.739. The van der Waals surface area contributed by atoms with Gasteiger partial charge in [-0.05, 0) is 17.7 Å². The number of hydrogen-bond acceptors (Lipinski definition) is 6. The van der Waals surface area contributed by atoms with Gasteiger partial charge in [0.05, 0.1) is 6.54 Å². The van der Waals surface area contributed by atoms with Crippen LogP contribution in [0, 0.1) is 0 Å². The third-order valence-corrected chi connectivity index (χ3v) is 2.91. The van der Waals surface area contributed by atoms with Crippen molar-refractivity contribution in [2.75, 3.05) is 13.1 Å². The van der Waals surface area contributed by atoms with Crippen molar-refractivity contribution < 1.29 is 9.32 Å². The number of rotatable bonds is 3. The predicted molar refractivity (Wildman–Crippen MR) is 65.1 cm³/mol. The summed E-state index contributed by atoms with van der Waals surface area (Å²) in [5.74, 6) is 1.11. The van der Waals surface area contributed by atoms with E-state index in [1.807, 2.05) is 12.1 Å². The third-order valence-electron chi connectivity index (χ3n) is 2.91. The topological polar surface area (TPSA) is 92.9 Å². The van der Waals surface area contributed by atoms with E-state index in [0.29, 0.717) is 24.7 Å². The molecule has 2 N–H and O–H groups in total. The van der Waals surface area contributed by atoms with Crippen molar-refractivity contribution in [1.29, 1.82) is 0 Å². The molecule has 98 valence electrons. The second-order valence-electron chi connectivity index (χ2n) is 4.32. The van der Waals surface area contributed by atoms with Crippen molar-refractivity contribution in [3.05, 3.63) is 41.8 Å². The number of amides is 1. The van der Waals surface area contributed by atoms with Gasteiger partial charge in [-0.1, -0.05) is 5.16 Å². The molecule has 0 aliphatic carbocycles. The van der Waals surface area contributed by atoms with Gasteiger partial charge in [0.15, 0.2) is 5.82 Å². The Hall–Kier alpha value is -2.28. The number of aromatic nitrogens is 3. The second-order valence-corrected chi connectivity index (χ2v) is 4.32. The van der Waals surface area contributed by atoms with Crippen LogP contribution >= 0.6 is 0 Å². The van der Waals surface area contributed by atoms with Gasteiger partial charge in [0.1, 0.15) is 6.04 Å². The van der Waals surface area contributed by atoms with E-state index < -0.39 is 0 Å². The lowest BCUT2D eigenvalue weighted by Crippen LogP contribution is -2.47. The highest BCUT2D eigenvalue weighted by atomic mass is 16.5. The summed E-state index contributed by atoms with van der Waals surface area (Å²) >= 11 is 0. The molecule has 1 unspecified atom stereocenters. The van der Waals surface area contributed by atoms with Crippen molar-refractivity contribution in [3.8, 4) is 0 Å². The lowest BCUT2D eigenvalue weighted by Gasteiger charge is -2.20. The summed E-state index contributed by atoms with van der Waals surface area (Å²) in [6.07, 6.45) is 4.06. The lowest BCUT2D eigenvalue weighted by molar-refractivity contribution is -0.121. The molecule has 1 atom stereocenters. The van der Waals surface area contributed by atoms with Crippen LogP contribution in [0.4, 0.5) is 0 Å². The first-order chi connectivity index (χ1) is 9.31. The number of nitrogens with zero attached hydrogens (tertiary/aromatic N) is 3. The maximum Gasteiger partial charge on any atom is 0.245 e. The summed E-state index contributed by atoms with van der Waals surface area (Å²) in [4.78, 5) is 19.3. The first-order valence-corrected chi connectivity index (χ1v) is 6.03. The molecule has 0 bridgehead atoms. The van der Waals surface area contributed by atoms with Crippen LogP contribution < -0.4 is 10.6 Å². The number of nitrogens with one attached hydrogen (secondary N) is 2. The van der Waals surface area contributed by atoms with Crippen LogP contribution in [0.1, 0.15) is 23.3 Å². The molecule has 3 heterocycles. The third kappa shape index (κ3) is 2.76. The first-order valence-electron chi connectivity index (χ1n) is 6.03. The Bertz CT molecular complexity index is 559. The van der Waals surface area contributed by atoms with Gasteiger partial charge >= 0.3 is 0 Å². The van der Waals surface area contributed by atoms with Gasteiger partial charge in [-0.3, -0.25) is 15.1 Å². The molecule has 0 radical (unpaired) electrons. The summed E-state index contributed by atoms with van der Waals surface area (Å²) < 4.78 is 5.22. The van der Waals surface area contributed by atoms with Crippen molar-refractivity contribution >= 4 is 5.91 Å². The number of carbonyl (C=O) groups excluding carboxylic acids is 1. The molecule has 2 aromatic heterocycles. The van der Waals surface area contributed by atoms with E-state index in [1.165, 1.54) is 0 Å². The Labute approximate surface area is 109 Å². The van der Waals surface area contributed by atoms with Gasteiger partial charge in [0.2, 0.25) is 11.8 Å². The Balaban J connectivity index is 1.68. The van der Waals surface area contributed by atoms with E-state index in [-0.39, 0.29) is 18.5 Å². The molecule has 1 saturated heterocycles. The number of pyridine rings is 1. The van der Waals surface area contributed by atoms with E-state index in [9.17, 15) is 4.79 Å². The number of piperazine rings is 1. The first kappa shape index (κ1) is 11.8. The van der Waals surface area contributed by atoms with Crippen LogP contribution in [0.15, 0.2) is 29.0 Å². The van der Waals surface area contributed by atoms with Crippen LogP contribution in [0.5, 0.6) is 0 Å². The van der Waals surface area contributed by atoms with Gasteiger partial charge in [-0.15, -0.1) is 0 Å². The zero-order chi connectivity index (χ0) is 13.1. The lowest BCUT2D eigenvalue weighted by atomic mass is 10.2. The molecule has 3 rings (SSSR count). The van der Waals surface area contributed by atoms with Crippen LogP contribution in [0.3, 0.4) is 0 Å². The zero-order valence-electron chi connectivity index (χ0n) is 10.2. The molecular weight excluding hydrogens is 246 g/mol. The molecule has 7 heteroatoms. The summed E-state index contributed by atoms with van der Waals surface area (Å²) in [6, 6.07) is 3.71. The fraction of sp³-hybridized carbons (Fsp3) is 0.333. The normalized spacial score (nSPS) is 19.2.